The van der Waals surface area contributed by atoms with Gasteiger partial charge in [0.25, 0.3) is 0 Å². The van der Waals surface area contributed by atoms with Gasteiger partial charge in [0.1, 0.15) is 0 Å². The van der Waals surface area contributed by atoms with Crippen molar-refractivity contribution in [1.82, 2.24) is 14.6 Å². The molecule has 3 aromatic rings. The molecule has 0 spiro atoms. The molecule has 1 aliphatic heterocycles. The van der Waals surface area contributed by atoms with E-state index in [0.717, 1.165) is 36.7 Å². The second-order valence-electron chi connectivity index (χ2n) is 6.21. The van der Waals surface area contributed by atoms with Crippen molar-refractivity contribution in [3.63, 3.8) is 0 Å². The minimum atomic E-state index is -0.0829. The Bertz CT molecular complexity index is 892. The highest BCUT2D eigenvalue weighted by Crippen LogP contribution is 2.24. The van der Waals surface area contributed by atoms with Gasteiger partial charge in [-0.05, 0) is 49.2 Å². The molecular formula is C18H18ClN5O. The molecule has 25 heavy (non-hydrogen) atoms. The van der Waals surface area contributed by atoms with Crippen LogP contribution in [0.5, 0.6) is 0 Å². The van der Waals surface area contributed by atoms with Crippen molar-refractivity contribution >= 4 is 34.8 Å². The van der Waals surface area contributed by atoms with Crippen LogP contribution in [0.2, 0.25) is 5.02 Å². The van der Waals surface area contributed by atoms with Crippen molar-refractivity contribution in [2.24, 2.45) is 5.92 Å². The van der Waals surface area contributed by atoms with Crippen LogP contribution in [0.15, 0.2) is 48.7 Å². The number of nitrogens with one attached hydrogen (secondary N) is 1. The van der Waals surface area contributed by atoms with Crippen LogP contribution in [0.25, 0.3) is 5.65 Å². The van der Waals surface area contributed by atoms with E-state index in [1.54, 1.807) is 12.1 Å². The molecule has 2 aromatic heterocycles. The Morgan fingerprint density at radius 2 is 2.00 bits per heavy atom. The lowest BCUT2D eigenvalue weighted by Gasteiger charge is -2.31. The number of pyridine rings is 1. The maximum absolute atomic E-state index is 12.6. The highest BCUT2D eigenvalue weighted by atomic mass is 35.5. The number of hydrogen-bond donors (Lipinski definition) is 1. The minimum absolute atomic E-state index is 0.0286. The molecule has 1 amide bonds. The molecule has 128 valence electrons. The number of carbonyl (C=O) groups is 1. The quantitative estimate of drug-likeness (QED) is 0.783. The molecule has 1 fully saturated rings. The third-order valence-electron chi connectivity index (χ3n) is 4.48. The second kappa shape index (κ2) is 6.72. The molecule has 1 aliphatic rings. The summed E-state index contributed by atoms with van der Waals surface area (Å²) in [4.78, 5) is 14.8. The van der Waals surface area contributed by atoms with Gasteiger partial charge in [-0.2, -0.15) is 0 Å². The molecule has 1 saturated heterocycles. The standard InChI is InChI=1S/C18H18ClN5O/c19-14-6-8-15(9-7-14)20-17(25)13-4-3-10-23(12-13)18-22-21-16-5-1-2-11-24(16)18/h1-2,5-9,11,13H,3-4,10,12H2,(H,20,25). The normalized spacial score (nSPS) is 17.6. The Morgan fingerprint density at radius 1 is 1.16 bits per heavy atom. The average molecular weight is 356 g/mol. The second-order valence-corrected chi connectivity index (χ2v) is 6.65. The molecule has 0 radical (unpaired) electrons. The molecule has 0 bridgehead atoms. The lowest BCUT2D eigenvalue weighted by atomic mass is 9.97. The first-order valence-electron chi connectivity index (χ1n) is 8.32. The van der Waals surface area contributed by atoms with Crippen molar-refractivity contribution in [3.8, 4) is 0 Å². The van der Waals surface area contributed by atoms with Crippen LogP contribution >= 0.6 is 11.6 Å². The number of anilines is 2. The van der Waals surface area contributed by atoms with E-state index in [1.807, 2.05) is 40.9 Å². The molecular weight excluding hydrogens is 338 g/mol. The third kappa shape index (κ3) is 3.30. The van der Waals surface area contributed by atoms with Crippen LogP contribution in [-0.2, 0) is 4.79 Å². The number of benzene rings is 1. The molecule has 4 rings (SSSR count). The fourth-order valence-corrected chi connectivity index (χ4v) is 3.32. The van der Waals surface area contributed by atoms with Gasteiger partial charge < -0.3 is 10.2 Å². The molecule has 6 nitrogen and oxygen atoms in total. The molecule has 0 saturated carbocycles. The van der Waals surface area contributed by atoms with Gasteiger partial charge in [0, 0.05) is 30.0 Å². The minimum Gasteiger partial charge on any atom is -0.340 e. The van der Waals surface area contributed by atoms with Crippen LogP contribution in [0.4, 0.5) is 11.6 Å². The topological polar surface area (TPSA) is 62.5 Å². The smallest absolute Gasteiger partial charge is 0.231 e. The van der Waals surface area contributed by atoms with Gasteiger partial charge in [-0.3, -0.25) is 9.20 Å². The van der Waals surface area contributed by atoms with E-state index in [9.17, 15) is 4.79 Å². The van der Waals surface area contributed by atoms with Crippen molar-refractivity contribution in [2.45, 2.75) is 12.8 Å². The molecule has 1 N–H and O–H groups in total. The summed E-state index contributed by atoms with van der Waals surface area (Å²) in [6, 6.07) is 13.0. The van der Waals surface area contributed by atoms with Gasteiger partial charge >= 0.3 is 0 Å². The maximum Gasteiger partial charge on any atom is 0.231 e. The molecule has 1 aromatic carbocycles. The van der Waals surface area contributed by atoms with Crippen molar-refractivity contribution in [2.75, 3.05) is 23.3 Å². The third-order valence-corrected chi connectivity index (χ3v) is 4.73. The SMILES string of the molecule is O=C(Nc1ccc(Cl)cc1)C1CCCN(c2nnc3ccccn23)C1. The summed E-state index contributed by atoms with van der Waals surface area (Å²) in [6.07, 6.45) is 3.76. The van der Waals surface area contributed by atoms with Gasteiger partial charge in [0.2, 0.25) is 11.9 Å². The van der Waals surface area contributed by atoms with Crippen LogP contribution in [-0.4, -0.2) is 33.6 Å². The Hall–Kier alpha value is -2.60. The lowest BCUT2D eigenvalue weighted by molar-refractivity contribution is -0.120. The largest absolute Gasteiger partial charge is 0.340 e. The summed E-state index contributed by atoms with van der Waals surface area (Å²) in [7, 11) is 0. The van der Waals surface area contributed by atoms with E-state index in [0.29, 0.717) is 11.6 Å². The predicted octanol–water partition coefficient (Wildman–Crippen LogP) is 3.24. The average Bonchev–Trinajstić information content (AvgIpc) is 3.08. The zero-order valence-corrected chi connectivity index (χ0v) is 14.4. The first-order valence-corrected chi connectivity index (χ1v) is 8.69. The van der Waals surface area contributed by atoms with Crippen molar-refractivity contribution < 1.29 is 4.79 Å². The highest BCUT2D eigenvalue weighted by Gasteiger charge is 2.28. The van der Waals surface area contributed by atoms with Crippen LogP contribution in [0, 0.1) is 5.92 Å². The maximum atomic E-state index is 12.6. The fourth-order valence-electron chi connectivity index (χ4n) is 3.19. The number of amides is 1. The van der Waals surface area contributed by atoms with Gasteiger partial charge in [-0.1, -0.05) is 17.7 Å². The molecule has 3 heterocycles. The zero-order valence-electron chi connectivity index (χ0n) is 13.6. The number of rotatable bonds is 3. The monoisotopic (exact) mass is 355 g/mol. The number of carbonyl (C=O) groups excluding carboxylic acids is 1. The number of halogens is 1. The van der Waals surface area contributed by atoms with Crippen molar-refractivity contribution in [1.29, 1.82) is 0 Å². The van der Waals surface area contributed by atoms with Crippen LogP contribution < -0.4 is 10.2 Å². The first-order chi connectivity index (χ1) is 12.2. The summed E-state index contributed by atoms with van der Waals surface area (Å²) >= 11 is 5.89. The Labute approximate surface area is 150 Å². The number of aromatic nitrogens is 3. The van der Waals surface area contributed by atoms with E-state index in [4.69, 9.17) is 11.6 Å². The summed E-state index contributed by atoms with van der Waals surface area (Å²) < 4.78 is 1.96. The van der Waals surface area contributed by atoms with Gasteiger partial charge in [-0.25, -0.2) is 0 Å². The molecule has 1 atom stereocenters. The summed E-state index contributed by atoms with van der Waals surface area (Å²) in [5.74, 6) is 0.737. The number of piperidine rings is 1. The van der Waals surface area contributed by atoms with Crippen molar-refractivity contribution in [3.05, 3.63) is 53.7 Å². The first kappa shape index (κ1) is 15.9. The Morgan fingerprint density at radius 3 is 2.84 bits per heavy atom. The summed E-state index contributed by atoms with van der Waals surface area (Å²) in [6.45, 7) is 1.51. The highest BCUT2D eigenvalue weighted by molar-refractivity contribution is 6.30. The van der Waals surface area contributed by atoms with Crippen LogP contribution in [0.1, 0.15) is 12.8 Å². The number of nitrogens with zero attached hydrogens (tertiary/aromatic N) is 4. The van der Waals surface area contributed by atoms with E-state index < -0.39 is 0 Å². The number of fused-ring (bicyclic) bond motifs is 1. The van der Waals surface area contributed by atoms with Crippen LogP contribution in [0.3, 0.4) is 0 Å². The van der Waals surface area contributed by atoms with Gasteiger partial charge in [-0.15, -0.1) is 10.2 Å². The summed E-state index contributed by atoms with van der Waals surface area (Å²) in [5, 5.41) is 12.1. The van der Waals surface area contributed by atoms with E-state index in [-0.39, 0.29) is 11.8 Å². The van der Waals surface area contributed by atoms with Gasteiger partial charge in [0.15, 0.2) is 5.65 Å². The van der Waals surface area contributed by atoms with E-state index >= 15 is 0 Å². The molecule has 7 heteroatoms. The lowest BCUT2D eigenvalue weighted by Crippen LogP contribution is -2.41. The molecule has 0 aliphatic carbocycles. The Kier molecular flexibility index (Phi) is 4.28. The molecule has 1 unspecified atom stereocenters. The van der Waals surface area contributed by atoms with Gasteiger partial charge in [0.05, 0.1) is 5.92 Å². The predicted molar refractivity (Wildman–Crippen MR) is 98.0 cm³/mol. The zero-order chi connectivity index (χ0) is 17.2. The summed E-state index contributed by atoms with van der Waals surface area (Å²) in [5.41, 5.74) is 1.57. The van der Waals surface area contributed by atoms with E-state index in [2.05, 4.69) is 20.4 Å². The number of hydrogen-bond acceptors (Lipinski definition) is 4. The Balaban J connectivity index is 1.49. The fraction of sp³-hybridized carbons (Fsp3) is 0.278. The van der Waals surface area contributed by atoms with E-state index in [1.165, 1.54) is 0 Å².